The summed E-state index contributed by atoms with van der Waals surface area (Å²) in [7, 11) is 1.48. The largest absolute Gasteiger partial charge is 0.371 e. The van der Waals surface area contributed by atoms with Crippen molar-refractivity contribution in [2.45, 2.75) is 39.3 Å². The summed E-state index contributed by atoms with van der Waals surface area (Å²) in [5.41, 5.74) is 7.69. The van der Waals surface area contributed by atoms with Crippen LogP contribution in [0, 0.1) is 11.2 Å². The first-order valence-electron chi connectivity index (χ1n) is 9.89. The number of amides is 1. The fraction of sp³-hybridized carbons (Fsp3) is 0.333. The van der Waals surface area contributed by atoms with Crippen LogP contribution in [0.4, 0.5) is 4.39 Å². The van der Waals surface area contributed by atoms with Gasteiger partial charge in [-0.3, -0.25) is 4.79 Å². The zero-order chi connectivity index (χ0) is 21.9. The first-order valence-corrected chi connectivity index (χ1v) is 9.89. The lowest BCUT2D eigenvalue weighted by Gasteiger charge is -2.34. The Morgan fingerprint density at radius 2 is 1.87 bits per heavy atom. The molecule has 3 rings (SSSR count). The van der Waals surface area contributed by atoms with Crippen LogP contribution >= 0.6 is 0 Å². The number of methoxy groups -OCH3 is 1. The van der Waals surface area contributed by atoms with E-state index in [0.717, 1.165) is 5.56 Å². The second kappa shape index (κ2) is 8.79. The standard InChI is InChI=1S/C24H28FN3O2/c1-24(2,3)20(21(30-4)22(26)29)23-27-19(17-11-8-12-18(25)13-17)15-28(23)14-16-9-6-5-7-10-16/h5-13,15,20-21H,14H2,1-4H3,(H2,26,29)/t20-,21?/m0/s1. The highest BCUT2D eigenvalue weighted by atomic mass is 19.1. The lowest BCUT2D eigenvalue weighted by Crippen LogP contribution is -2.42. The van der Waals surface area contributed by atoms with Gasteiger partial charge >= 0.3 is 0 Å². The lowest BCUT2D eigenvalue weighted by atomic mass is 9.76. The lowest BCUT2D eigenvalue weighted by molar-refractivity contribution is -0.131. The highest BCUT2D eigenvalue weighted by Gasteiger charge is 2.40. The Labute approximate surface area is 176 Å². The number of carbonyl (C=O) groups excluding carboxylic acids is 1. The SMILES string of the molecule is COC(C(N)=O)[C@@H](c1nc(-c2cccc(F)c2)cn1Cc1ccccc1)C(C)(C)C. The van der Waals surface area contributed by atoms with E-state index in [-0.39, 0.29) is 11.2 Å². The molecular weight excluding hydrogens is 381 g/mol. The predicted octanol–water partition coefficient (Wildman–Crippen LogP) is 4.37. The molecule has 158 valence electrons. The monoisotopic (exact) mass is 409 g/mol. The molecular formula is C24H28FN3O2. The van der Waals surface area contributed by atoms with Gasteiger partial charge in [-0.2, -0.15) is 0 Å². The Kier molecular flexibility index (Phi) is 6.37. The van der Waals surface area contributed by atoms with E-state index in [9.17, 15) is 9.18 Å². The Hall–Kier alpha value is -2.99. The highest BCUT2D eigenvalue weighted by molar-refractivity contribution is 5.80. The first-order chi connectivity index (χ1) is 14.2. The average Bonchev–Trinajstić information content (AvgIpc) is 3.08. The molecule has 0 bridgehead atoms. The van der Waals surface area contributed by atoms with Crippen molar-refractivity contribution in [3.8, 4) is 11.3 Å². The molecule has 3 aromatic rings. The van der Waals surface area contributed by atoms with Crippen molar-refractivity contribution in [2.75, 3.05) is 7.11 Å². The van der Waals surface area contributed by atoms with E-state index in [4.69, 9.17) is 15.5 Å². The van der Waals surface area contributed by atoms with E-state index in [0.29, 0.717) is 23.6 Å². The van der Waals surface area contributed by atoms with Crippen LogP contribution in [0.3, 0.4) is 0 Å². The molecule has 0 fully saturated rings. The van der Waals surface area contributed by atoms with Gasteiger partial charge in [0.05, 0.1) is 11.6 Å². The molecule has 6 heteroatoms. The number of nitrogens with two attached hydrogens (primary N) is 1. The molecule has 0 aliphatic carbocycles. The van der Waals surface area contributed by atoms with Crippen molar-refractivity contribution in [1.82, 2.24) is 9.55 Å². The highest BCUT2D eigenvalue weighted by Crippen LogP contribution is 2.39. The van der Waals surface area contributed by atoms with E-state index in [1.807, 2.05) is 67.9 Å². The van der Waals surface area contributed by atoms with Crippen LogP contribution in [0.1, 0.15) is 38.1 Å². The van der Waals surface area contributed by atoms with Crippen molar-refractivity contribution < 1.29 is 13.9 Å². The summed E-state index contributed by atoms with van der Waals surface area (Å²) in [5.74, 6) is -0.591. The Morgan fingerprint density at radius 3 is 2.43 bits per heavy atom. The van der Waals surface area contributed by atoms with Gasteiger partial charge in [0.25, 0.3) is 0 Å². The van der Waals surface area contributed by atoms with Gasteiger partial charge in [0.2, 0.25) is 5.91 Å². The van der Waals surface area contributed by atoms with E-state index in [1.165, 1.54) is 19.2 Å². The molecule has 1 unspecified atom stereocenters. The third-order valence-corrected chi connectivity index (χ3v) is 5.17. The summed E-state index contributed by atoms with van der Waals surface area (Å²) < 4.78 is 21.3. The number of halogens is 1. The number of hydrogen-bond donors (Lipinski definition) is 1. The fourth-order valence-corrected chi connectivity index (χ4v) is 3.77. The predicted molar refractivity (Wildman–Crippen MR) is 115 cm³/mol. The molecule has 0 saturated carbocycles. The van der Waals surface area contributed by atoms with Crippen molar-refractivity contribution >= 4 is 5.91 Å². The summed E-state index contributed by atoms with van der Waals surface area (Å²) in [4.78, 5) is 17.0. The number of benzene rings is 2. The van der Waals surface area contributed by atoms with Crippen LogP contribution in [-0.4, -0.2) is 28.7 Å². The number of ether oxygens (including phenoxy) is 1. The Balaban J connectivity index is 2.17. The van der Waals surface area contributed by atoms with Crippen molar-refractivity contribution in [3.05, 3.63) is 78.0 Å². The molecule has 0 radical (unpaired) electrons. The number of aromatic nitrogens is 2. The number of imidazole rings is 1. The van der Waals surface area contributed by atoms with Crippen molar-refractivity contribution in [2.24, 2.45) is 11.1 Å². The van der Waals surface area contributed by atoms with Crippen molar-refractivity contribution in [1.29, 1.82) is 0 Å². The molecule has 5 nitrogen and oxygen atoms in total. The van der Waals surface area contributed by atoms with Gasteiger partial charge < -0.3 is 15.0 Å². The van der Waals surface area contributed by atoms with Gasteiger partial charge in [-0.1, -0.05) is 63.2 Å². The summed E-state index contributed by atoms with van der Waals surface area (Å²) in [6.07, 6.45) is 1.05. The summed E-state index contributed by atoms with van der Waals surface area (Å²) in [5, 5.41) is 0. The van der Waals surface area contributed by atoms with Gasteiger partial charge in [0, 0.05) is 25.4 Å². The molecule has 2 N–H and O–H groups in total. The van der Waals surface area contributed by atoms with Crippen LogP contribution in [0.25, 0.3) is 11.3 Å². The van der Waals surface area contributed by atoms with E-state index < -0.39 is 17.9 Å². The van der Waals surface area contributed by atoms with Gasteiger partial charge in [-0.15, -0.1) is 0 Å². The minimum atomic E-state index is -0.845. The number of primary amides is 1. The zero-order valence-electron chi connectivity index (χ0n) is 17.8. The number of hydrogen-bond acceptors (Lipinski definition) is 3. The topological polar surface area (TPSA) is 70.1 Å². The van der Waals surface area contributed by atoms with Gasteiger partial charge in [-0.05, 0) is 23.1 Å². The summed E-state index contributed by atoms with van der Waals surface area (Å²) in [6, 6.07) is 16.3. The molecule has 1 amide bonds. The maximum atomic E-state index is 13.8. The smallest absolute Gasteiger partial charge is 0.247 e. The van der Waals surface area contributed by atoms with Gasteiger partial charge in [0.15, 0.2) is 0 Å². The van der Waals surface area contributed by atoms with Crippen LogP contribution < -0.4 is 5.73 Å². The summed E-state index contributed by atoms with van der Waals surface area (Å²) in [6.45, 7) is 6.63. The molecule has 1 aromatic heterocycles. The van der Waals surface area contributed by atoms with Crippen molar-refractivity contribution in [3.63, 3.8) is 0 Å². The summed E-state index contributed by atoms with van der Waals surface area (Å²) >= 11 is 0. The Morgan fingerprint density at radius 1 is 1.17 bits per heavy atom. The molecule has 0 aliphatic heterocycles. The van der Waals surface area contributed by atoms with Crippen LogP contribution in [0.15, 0.2) is 60.8 Å². The number of carbonyl (C=O) groups is 1. The fourth-order valence-electron chi connectivity index (χ4n) is 3.77. The maximum Gasteiger partial charge on any atom is 0.247 e. The van der Waals surface area contributed by atoms with Gasteiger partial charge in [0.1, 0.15) is 17.7 Å². The number of nitrogens with zero attached hydrogens (tertiary/aromatic N) is 2. The molecule has 0 spiro atoms. The molecule has 0 aliphatic rings. The van der Waals surface area contributed by atoms with Gasteiger partial charge in [-0.25, -0.2) is 9.37 Å². The molecule has 2 atom stereocenters. The minimum Gasteiger partial charge on any atom is -0.371 e. The molecule has 2 aromatic carbocycles. The number of rotatable bonds is 7. The van der Waals surface area contributed by atoms with Crippen LogP contribution in [0.2, 0.25) is 0 Å². The normalized spacial score (nSPS) is 13.8. The first kappa shape index (κ1) is 21.7. The van der Waals surface area contributed by atoms with E-state index in [1.54, 1.807) is 6.07 Å². The second-order valence-electron chi connectivity index (χ2n) is 8.51. The average molecular weight is 410 g/mol. The molecule has 1 heterocycles. The zero-order valence-corrected chi connectivity index (χ0v) is 17.8. The third-order valence-electron chi connectivity index (χ3n) is 5.17. The van der Waals surface area contributed by atoms with Crippen LogP contribution in [0.5, 0.6) is 0 Å². The van der Waals surface area contributed by atoms with E-state index in [2.05, 4.69) is 0 Å². The quantitative estimate of drug-likeness (QED) is 0.630. The Bertz CT molecular complexity index is 1010. The maximum absolute atomic E-state index is 13.8. The minimum absolute atomic E-state index is 0.328. The second-order valence-corrected chi connectivity index (χ2v) is 8.51. The van der Waals surface area contributed by atoms with Crippen LogP contribution in [-0.2, 0) is 16.1 Å². The molecule has 30 heavy (non-hydrogen) atoms. The third kappa shape index (κ3) is 4.76. The molecule has 0 saturated heterocycles. The van der Waals surface area contributed by atoms with E-state index >= 15 is 0 Å².